The van der Waals surface area contributed by atoms with Gasteiger partial charge in [-0.3, -0.25) is 0 Å². The van der Waals surface area contributed by atoms with E-state index >= 15 is 0 Å². The maximum Gasteiger partial charge on any atom is 0.217 e. The SMILES string of the molecule is [2H]c1c([N+]#[C-])ccc2c1oc1c(-c3cc(CC(C)C)c4ccccc4[n+]3C)c(C)c(C)cc12. The molecule has 0 aliphatic carbocycles. The average Bonchev–Trinajstić information content (AvgIpc) is 3.16. The highest BCUT2D eigenvalue weighted by atomic mass is 16.3. The average molecular weight is 421 g/mol. The lowest BCUT2D eigenvalue weighted by Crippen LogP contribution is -2.33. The Balaban J connectivity index is 1.94. The molecule has 0 unspecified atom stereocenters. The lowest BCUT2D eigenvalue weighted by Gasteiger charge is -2.13. The summed E-state index contributed by atoms with van der Waals surface area (Å²) in [7, 11) is 2.11. The molecule has 0 atom stereocenters. The summed E-state index contributed by atoms with van der Waals surface area (Å²) in [5.41, 5.74) is 8.60. The number of hydrogen-bond acceptors (Lipinski definition) is 1. The first-order valence-corrected chi connectivity index (χ1v) is 11.1. The monoisotopic (exact) mass is 420 g/mol. The van der Waals surface area contributed by atoms with Gasteiger partial charge in [0.25, 0.3) is 0 Å². The molecule has 0 saturated heterocycles. The van der Waals surface area contributed by atoms with Crippen molar-refractivity contribution in [3.05, 3.63) is 82.7 Å². The summed E-state index contributed by atoms with van der Waals surface area (Å²) in [6.45, 7) is 16.2. The van der Waals surface area contributed by atoms with Crippen LogP contribution in [0.1, 0.15) is 31.9 Å². The Bertz CT molecular complexity index is 1620. The summed E-state index contributed by atoms with van der Waals surface area (Å²) in [5, 5.41) is 3.16. The van der Waals surface area contributed by atoms with E-state index in [4.69, 9.17) is 12.4 Å². The summed E-state index contributed by atoms with van der Waals surface area (Å²) in [6.07, 6.45) is 0.994. The number of para-hydroxylation sites is 1. The first-order valence-electron chi connectivity index (χ1n) is 11.6. The largest absolute Gasteiger partial charge is 0.456 e. The summed E-state index contributed by atoms with van der Waals surface area (Å²) < 4.78 is 17.1. The summed E-state index contributed by atoms with van der Waals surface area (Å²) in [5.74, 6) is 0.539. The number of fused-ring (bicyclic) bond motifs is 4. The van der Waals surface area contributed by atoms with Gasteiger partial charge >= 0.3 is 0 Å². The van der Waals surface area contributed by atoms with Gasteiger partial charge in [-0.25, -0.2) is 4.85 Å². The van der Waals surface area contributed by atoms with Crippen LogP contribution in [0.5, 0.6) is 0 Å². The standard InChI is InChI=1S/C29H27N2O/c1-17(2)13-20-15-26(31(6)25-10-8-7-9-22(20)25)28-19(4)18(3)14-24-23-12-11-21(30-5)16-27(23)32-29(24)28/h7-12,14-17H,13H2,1-4,6H3/q+1/i16D. The molecule has 158 valence electrons. The zero-order valence-electron chi connectivity index (χ0n) is 20.2. The van der Waals surface area contributed by atoms with Crippen LogP contribution in [0.4, 0.5) is 5.69 Å². The number of pyridine rings is 1. The Morgan fingerprint density at radius 1 is 1.06 bits per heavy atom. The Labute approximate surface area is 190 Å². The van der Waals surface area contributed by atoms with Gasteiger partial charge in [0.05, 0.1) is 13.5 Å². The van der Waals surface area contributed by atoms with Gasteiger partial charge in [-0.1, -0.05) is 38.1 Å². The predicted octanol–water partition coefficient (Wildman–Crippen LogP) is 7.60. The van der Waals surface area contributed by atoms with Crippen molar-refractivity contribution >= 4 is 38.5 Å². The highest BCUT2D eigenvalue weighted by Gasteiger charge is 2.25. The lowest BCUT2D eigenvalue weighted by molar-refractivity contribution is -0.633. The quantitative estimate of drug-likeness (QED) is 0.217. The highest BCUT2D eigenvalue weighted by molar-refractivity contribution is 6.11. The maximum absolute atomic E-state index is 8.50. The molecule has 0 spiro atoms. The van der Waals surface area contributed by atoms with Gasteiger partial charge in [-0.05, 0) is 61.1 Å². The van der Waals surface area contributed by atoms with E-state index in [2.05, 4.69) is 80.6 Å². The van der Waals surface area contributed by atoms with Crippen LogP contribution in [-0.2, 0) is 13.5 Å². The number of nitrogens with zero attached hydrogens (tertiary/aromatic N) is 2. The minimum absolute atomic E-state index is 0.156. The number of furan rings is 1. The van der Waals surface area contributed by atoms with Crippen molar-refractivity contribution in [1.82, 2.24) is 0 Å². The fourth-order valence-corrected chi connectivity index (χ4v) is 4.79. The van der Waals surface area contributed by atoms with Gasteiger partial charge in [0.2, 0.25) is 11.2 Å². The molecule has 2 heterocycles. The molecule has 0 bridgehead atoms. The number of aryl methyl sites for hydroxylation is 2. The predicted molar refractivity (Wildman–Crippen MR) is 132 cm³/mol. The molecule has 0 amide bonds. The van der Waals surface area contributed by atoms with Crippen LogP contribution in [0.25, 0.3) is 48.9 Å². The van der Waals surface area contributed by atoms with Crippen LogP contribution in [0.3, 0.4) is 0 Å². The molecule has 0 N–H and O–H groups in total. The van der Waals surface area contributed by atoms with Crippen molar-refractivity contribution in [3.8, 4) is 11.3 Å². The molecule has 5 rings (SSSR count). The molecular weight excluding hydrogens is 392 g/mol. The lowest BCUT2D eigenvalue weighted by atomic mass is 9.92. The Morgan fingerprint density at radius 3 is 2.59 bits per heavy atom. The second-order valence-corrected chi connectivity index (χ2v) is 9.10. The third-order valence-electron chi connectivity index (χ3n) is 6.48. The van der Waals surface area contributed by atoms with E-state index in [1.807, 2.05) is 6.07 Å². The molecule has 3 aromatic carbocycles. The second-order valence-electron chi connectivity index (χ2n) is 9.10. The smallest absolute Gasteiger partial charge is 0.217 e. The number of aromatic nitrogens is 1. The molecule has 0 aliphatic heterocycles. The second kappa shape index (κ2) is 7.50. The van der Waals surface area contributed by atoms with Crippen LogP contribution in [0.2, 0.25) is 0 Å². The zero-order valence-corrected chi connectivity index (χ0v) is 19.2. The molecular formula is C29H27N2O+. The molecule has 3 nitrogen and oxygen atoms in total. The van der Waals surface area contributed by atoms with E-state index in [0.29, 0.717) is 17.2 Å². The number of benzene rings is 3. The number of rotatable bonds is 3. The Hall–Kier alpha value is -3.64. The molecule has 2 aromatic heterocycles. The van der Waals surface area contributed by atoms with E-state index in [1.54, 1.807) is 6.07 Å². The van der Waals surface area contributed by atoms with E-state index in [1.165, 1.54) is 27.6 Å². The normalized spacial score (nSPS) is 12.1. The van der Waals surface area contributed by atoms with Crippen molar-refractivity contribution in [1.29, 1.82) is 0 Å². The summed E-state index contributed by atoms with van der Waals surface area (Å²) >= 11 is 0. The molecule has 32 heavy (non-hydrogen) atoms. The Kier molecular flexibility index (Phi) is 4.47. The molecule has 0 fully saturated rings. The van der Waals surface area contributed by atoms with E-state index in [9.17, 15) is 0 Å². The van der Waals surface area contributed by atoms with Crippen LogP contribution in [0, 0.1) is 26.3 Å². The van der Waals surface area contributed by atoms with Crippen molar-refractivity contribution in [2.45, 2.75) is 34.1 Å². The molecule has 0 saturated carbocycles. The van der Waals surface area contributed by atoms with E-state index in [0.717, 1.165) is 34.0 Å². The third kappa shape index (κ3) is 3.07. The molecule has 5 aromatic rings. The summed E-state index contributed by atoms with van der Waals surface area (Å²) in [6, 6.07) is 16.8. The van der Waals surface area contributed by atoms with Crippen molar-refractivity contribution in [2.24, 2.45) is 13.0 Å². The van der Waals surface area contributed by atoms with Crippen LogP contribution < -0.4 is 4.57 Å². The fraction of sp³-hybridized carbons (Fsp3) is 0.241. The van der Waals surface area contributed by atoms with Crippen LogP contribution >= 0.6 is 0 Å². The molecule has 0 radical (unpaired) electrons. The fourth-order valence-electron chi connectivity index (χ4n) is 4.79. The molecule has 3 heteroatoms. The van der Waals surface area contributed by atoms with Crippen LogP contribution in [0.15, 0.2) is 59.0 Å². The van der Waals surface area contributed by atoms with E-state index in [-0.39, 0.29) is 6.04 Å². The minimum atomic E-state index is 0.156. The van der Waals surface area contributed by atoms with Gasteiger partial charge in [0, 0.05) is 28.3 Å². The van der Waals surface area contributed by atoms with Gasteiger partial charge in [-0.15, -0.1) is 0 Å². The first kappa shape index (κ1) is 19.1. The minimum Gasteiger partial charge on any atom is -0.456 e. The van der Waals surface area contributed by atoms with Gasteiger partial charge in [0.1, 0.15) is 18.2 Å². The van der Waals surface area contributed by atoms with Crippen molar-refractivity contribution < 1.29 is 10.4 Å². The van der Waals surface area contributed by atoms with Crippen molar-refractivity contribution in [3.63, 3.8) is 0 Å². The highest BCUT2D eigenvalue weighted by Crippen LogP contribution is 2.40. The topological polar surface area (TPSA) is 21.4 Å². The van der Waals surface area contributed by atoms with Gasteiger partial charge in [0.15, 0.2) is 5.69 Å². The van der Waals surface area contributed by atoms with Gasteiger partial charge in [-0.2, -0.15) is 4.57 Å². The van der Waals surface area contributed by atoms with Crippen LogP contribution in [-0.4, -0.2) is 0 Å². The first-order chi connectivity index (χ1) is 15.8. The van der Waals surface area contributed by atoms with Gasteiger partial charge < -0.3 is 4.42 Å². The summed E-state index contributed by atoms with van der Waals surface area (Å²) in [4.78, 5) is 3.49. The zero-order chi connectivity index (χ0) is 23.4. The maximum atomic E-state index is 8.50. The third-order valence-corrected chi connectivity index (χ3v) is 6.48. The molecule has 0 aliphatic rings. The van der Waals surface area contributed by atoms with E-state index < -0.39 is 0 Å². The van der Waals surface area contributed by atoms with Crippen molar-refractivity contribution in [2.75, 3.05) is 0 Å². The number of hydrogen-bond donors (Lipinski definition) is 0. The Morgan fingerprint density at radius 2 is 1.84 bits per heavy atom.